The third kappa shape index (κ3) is 1.59. The second kappa shape index (κ2) is 3.40. The van der Waals surface area contributed by atoms with Crippen LogP contribution in [0.1, 0.15) is 19.8 Å². The van der Waals surface area contributed by atoms with Crippen molar-refractivity contribution in [3.63, 3.8) is 0 Å². The number of allylic oxidation sites excluding steroid dienone is 2. The minimum atomic E-state index is 0.113. The second-order valence-corrected chi connectivity index (χ2v) is 2.40. The Morgan fingerprint density at radius 3 is 3.20 bits per heavy atom. The summed E-state index contributed by atoms with van der Waals surface area (Å²) in [6.07, 6.45) is 4.75. The molecule has 2 heteroatoms. The molecule has 0 saturated carbocycles. The maximum atomic E-state index is 10.3. The van der Waals surface area contributed by atoms with Gasteiger partial charge in [0.25, 0.3) is 0 Å². The van der Waals surface area contributed by atoms with Gasteiger partial charge in [-0.05, 0) is 19.4 Å². The molecule has 0 aromatic carbocycles. The van der Waals surface area contributed by atoms with Crippen LogP contribution < -0.4 is 0 Å². The Kier molecular flexibility index (Phi) is 2.49. The highest BCUT2D eigenvalue weighted by atomic mass is 16.5. The Labute approximate surface area is 60.9 Å². The van der Waals surface area contributed by atoms with Crippen LogP contribution in [0, 0.1) is 5.92 Å². The third-order valence-corrected chi connectivity index (χ3v) is 1.63. The fourth-order valence-electron chi connectivity index (χ4n) is 1.13. The zero-order valence-corrected chi connectivity index (χ0v) is 6.17. The molecule has 0 fully saturated rings. The van der Waals surface area contributed by atoms with Crippen molar-refractivity contribution < 1.29 is 9.53 Å². The van der Waals surface area contributed by atoms with Gasteiger partial charge < -0.3 is 9.53 Å². The van der Waals surface area contributed by atoms with E-state index in [1.807, 2.05) is 13.0 Å². The topological polar surface area (TPSA) is 26.3 Å². The zero-order chi connectivity index (χ0) is 7.40. The maximum Gasteiger partial charge on any atom is 0.126 e. The molecule has 0 aromatic rings. The molecule has 56 valence electrons. The first-order valence-electron chi connectivity index (χ1n) is 3.65. The average Bonchev–Trinajstić information content (AvgIpc) is 2.37. The summed E-state index contributed by atoms with van der Waals surface area (Å²) < 4.78 is 5.24. The number of aldehydes is 1. The quantitative estimate of drug-likeness (QED) is 0.555. The van der Waals surface area contributed by atoms with Gasteiger partial charge in [-0.2, -0.15) is 0 Å². The van der Waals surface area contributed by atoms with Crippen LogP contribution in [0.15, 0.2) is 11.8 Å². The Morgan fingerprint density at radius 1 is 1.90 bits per heavy atom. The Hall–Kier alpha value is -0.790. The van der Waals surface area contributed by atoms with Crippen LogP contribution in [0.3, 0.4) is 0 Å². The van der Waals surface area contributed by atoms with Gasteiger partial charge in [0.1, 0.15) is 6.29 Å². The number of carbonyl (C=O) groups is 1. The molecule has 1 aliphatic rings. The first-order valence-corrected chi connectivity index (χ1v) is 3.65. The van der Waals surface area contributed by atoms with Crippen molar-refractivity contribution >= 4 is 6.29 Å². The lowest BCUT2D eigenvalue weighted by Crippen LogP contribution is -1.89. The molecule has 0 aromatic heterocycles. The van der Waals surface area contributed by atoms with Gasteiger partial charge in [0.15, 0.2) is 0 Å². The van der Waals surface area contributed by atoms with Crippen molar-refractivity contribution in [2.24, 2.45) is 5.92 Å². The predicted octanol–water partition coefficient (Wildman–Crippen LogP) is 1.52. The lowest BCUT2D eigenvalue weighted by Gasteiger charge is -1.99. The molecule has 1 unspecified atom stereocenters. The molecule has 1 aliphatic carbocycles. The molecule has 1 atom stereocenters. The number of hydrogen-bond donors (Lipinski definition) is 0. The maximum absolute atomic E-state index is 10.3. The van der Waals surface area contributed by atoms with Gasteiger partial charge in [0.05, 0.1) is 12.4 Å². The van der Waals surface area contributed by atoms with Crippen LogP contribution in [0.5, 0.6) is 0 Å². The summed E-state index contributed by atoms with van der Waals surface area (Å²) in [5.41, 5.74) is 0. The minimum absolute atomic E-state index is 0.113. The van der Waals surface area contributed by atoms with E-state index >= 15 is 0 Å². The second-order valence-electron chi connectivity index (χ2n) is 2.40. The van der Waals surface area contributed by atoms with Crippen molar-refractivity contribution in [1.29, 1.82) is 0 Å². The monoisotopic (exact) mass is 140 g/mol. The molecule has 0 saturated heterocycles. The zero-order valence-electron chi connectivity index (χ0n) is 6.17. The van der Waals surface area contributed by atoms with E-state index in [-0.39, 0.29) is 5.92 Å². The van der Waals surface area contributed by atoms with E-state index in [1.54, 1.807) is 0 Å². The summed E-state index contributed by atoms with van der Waals surface area (Å²) in [5.74, 6) is 1.10. The van der Waals surface area contributed by atoms with Gasteiger partial charge in [-0.15, -0.1) is 0 Å². The molecule has 0 heterocycles. The number of hydrogen-bond acceptors (Lipinski definition) is 2. The van der Waals surface area contributed by atoms with Crippen molar-refractivity contribution in [3.8, 4) is 0 Å². The van der Waals surface area contributed by atoms with Crippen molar-refractivity contribution in [3.05, 3.63) is 11.8 Å². The summed E-state index contributed by atoms with van der Waals surface area (Å²) in [5, 5.41) is 0. The summed E-state index contributed by atoms with van der Waals surface area (Å²) in [4.78, 5) is 10.3. The smallest absolute Gasteiger partial charge is 0.126 e. The van der Waals surface area contributed by atoms with Crippen molar-refractivity contribution in [2.75, 3.05) is 6.61 Å². The minimum Gasteiger partial charge on any atom is -0.499 e. The largest absolute Gasteiger partial charge is 0.499 e. The van der Waals surface area contributed by atoms with Crippen molar-refractivity contribution in [2.45, 2.75) is 19.8 Å². The van der Waals surface area contributed by atoms with E-state index in [0.717, 1.165) is 24.9 Å². The van der Waals surface area contributed by atoms with E-state index in [9.17, 15) is 4.79 Å². The lowest BCUT2D eigenvalue weighted by molar-refractivity contribution is -0.109. The van der Waals surface area contributed by atoms with E-state index in [2.05, 4.69) is 0 Å². The van der Waals surface area contributed by atoms with E-state index in [1.165, 1.54) is 0 Å². The number of ether oxygens (including phenoxy) is 1. The molecule has 10 heavy (non-hydrogen) atoms. The SMILES string of the molecule is CCOC1=CC(C=O)CC1. The van der Waals surface area contributed by atoms with Gasteiger partial charge in [0, 0.05) is 12.3 Å². The fourth-order valence-corrected chi connectivity index (χ4v) is 1.13. The number of carbonyl (C=O) groups excluding carboxylic acids is 1. The molecule has 0 amide bonds. The highest BCUT2D eigenvalue weighted by Gasteiger charge is 2.14. The summed E-state index contributed by atoms with van der Waals surface area (Å²) >= 11 is 0. The van der Waals surface area contributed by atoms with Crippen LogP contribution in [-0.4, -0.2) is 12.9 Å². The summed E-state index contributed by atoms with van der Waals surface area (Å²) in [7, 11) is 0. The van der Waals surface area contributed by atoms with Gasteiger partial charge >= 0.3 is 0 Å². The van der Waals surface area contributed by atoms with E-state index in [4.69, 9.17) is 4.74 Å². The van der Waals surface area contributed by atoms with Gasteiger partial charge in [-0.3, -0.25) is 0 Å². The van der Waals surface area contributed by atoms with Crippen LogP contribution >= 0.6 is 0 Å². The molecule has 0 aliphatic heterocycles. The molecule has 0 bridgehead atoms. The van der Waals surface area contributed by atoms with Gasteiger partial charge in [0.2, 0.25) is 0 Å². The Morgan fingerprint density at radius 2 is 2.70 bits per heavy atom. The first-order chi connectivity index (χ1) is 4.86. The van der Waals surface area contributed by atoms with E-state index < -0.39 is 0 Å². The molecule has 0 spiro atoms. The molecule has 0 radical (unpaired) electrons. The van der Waals surface area contributed by atoms with Crippen LogP contribution in [-0.2, 0) is 9.53 Å². The molecule has 0 N–H and O–H groups in total. The highest BCUT2D eigenvalue weighted by Crippen LogP contribution is 2.22. The summed E-state index contributed by atoms with van der Waals surface area (Å²) in [6, 6.07) is 0. The van der Waals surface area contributed by atoms with Crippen LogP contribution in [0.25, 0.3) is 0 Å². The normalized spacial score (nSPS) is 24.1. The summed E-state index contributed by atoms with van der Waals surface area (Å²) in [6.45, 7) is 2.66. The van der Waals surface area contributed by atoms with Gasteiger partial charge in [-0.25, -0.2) is 0 Å². The average molecular weight is 140 g/mol. The first kappa shape index (κ1) is 7.32. The fraction of sp³-hybridized carbons (Fsp3) is 0.625. The van der Waals surface area contributed by atoms with Crippen LogP contribution in [0.4, 0.5) is 0 Å². The van der Waals surface area contributed by atoms with Gasteiger partial charge in [-0.1, -0.05) is 0 Å². The molecular weight excluding hydrogens is 128 g/mol. The predicted molar refractivity (Wildman–Crippen MR) is 38.5 cm³/mol. The van der Waals surface area contributed by atoms with Crippen molar-refractivity contribution in [1.82, 2.24) is 0 Å². The Balaban J connectivity index is 2.40. The highest BCUT2D eigenvalue weighted by molar-refractivity contribution is 5.57. The number of rotatable bonds is 3. The lowest BCUT2D eigenvalue weighted by atomic mass is 10.2. The standard InChI is InChI=1S/C8H12O2/c1-2-10-8-4-3-7(5-8)6-9/h5-7H,2-4H2,1H3. The third-order valence-electron chi connectivity index (χ3n) is 1.63. The van der Waals surface area contributed by atoms with Crippen LogP contribution in [0.2, 0.25) is 0 Å². The molecular formula is C8H12O2. The van der Waals surface area contributed by atoms with E-state index in [0.29, 0.717) is 6.61 Å². The Bertz CT molecular complexity index is 149. The molecule has 1 rings (SSSR count). The molecule has 2 nitrogen and oxygen atoms in total.